The third-order valence-electron chi connectivity index (χ3n) is 3.19. The molecule has 1 nitrogen and oxygen atoms in total. The number of halogens is 2. The van der Waals surface area contributed by atoms with Gasteiger partial charge >= 0.3 is 0 Å². The largest absolute Gasteiger partial charge is 0.314 e. The van der Waals surface area contributed by atoms with Gasteiger partial charge in [-0.15, -0.1) is 11.3 Å². The first kappa shape index (κ1) is 16.0. The maximum Gasteiger partial charge on any atom is 0.0701 e. The fourth-order valence-electron chi connectivity index (χ4n) is 2.13. The average Bonchev–Trinajstić information content (AvgIpc) is 2.81. The fourth-order valence-corrected chi connectivity index (χ4v) is 3.81. The summed E-state index contributed by atoms with van der Waals surface area (Å²) in [7, 11) is 0. The maximum atomic E-state index is 5.99. The van der Waals surface area contributed by atoms with Gasteiger partial charge in [-0.3, -0.25) is 0 Å². The van der Waals surface area contributed by atoms with E-state index >= 15 is 0 Å². The van der Waals surface area contributed by atoms with Crippen molar-refractivity contribution in [3.63, 3.8) is 0 Å². The third kappa shape index (κ3) is 4.88. The zero-order valence-corrected chi connectivity index (χ0v) is 14.9. The predicted octanol–water partition coefficient (Wildman–Crippen LogP) is 5.49. The molecule has 2 rings (SSSR count). The molecule has 2 aromatic rings. The highest BCUT2D eigenvalue weighted by Gasteiger charge is 2.14. The van der Waals surface area contributed by atoms with Crippen molar-refractivity contribution in [2.24, 2.45) is 0 Å². The Kier molecular flexibility index (Phi) is 6.09. The van der Waals surface area contributed by atoms with Crippen LogP contribution in [0.2, 0.25) is 5.02 Å². The minimum Gasteiger partial charge on any atom is -0.314 e. The second-order valence-electron chi connectivity index (χ2n) is 5.22. The van der Waals surface area contributed by atoms with Gasteiger partial charge in [0.1, 0.15) is 0 Å². The highest BCUT2D eigenvalue weighted by Crippen LogP contribution is 2.28. The Balaban J connectivity index is 2.13. The first-order chi connectivity index (χ1) is 9.54. The van der Waals surface area contributed by atoms with Crippen LogP contribution in [-0.2, 0) is 6.42 Å². The molecule has 1 heterocycles. The molecule has 0 aliphatic rings. The number of benzene rings is 1. The second-order valence-corrected chi connectivity index (χ2v) is 8.21. The standard InChI is InChI=1S/C16H19BrClNS/c1-11(2)19-10-13(9-15-7-8-16(17)20-15)12-3-5-14(18)6-4-12/h3-8,11,13,19H,9-10H2,1-2H3. The molecule has 1 N–H and O–H groups in total. The van der Waals surface area contributed by atoms with Gasteiger partial charge in [0, 0.05) is 28.4 Å². The zero-order chi connectivity index (χ0) is 14.5. The van der Waals surface area contributed by atoms with Crippen LogP contribution in [0, 0.1) is 0 Å². The summed E-state index contributed by atoms with van der Waals surface area (Å²) in [5.41, 5.74) is 1.34. The third-order valence-corrected chi connectivity index (χ3v) is 5.09. The molecular formula is C16H19BrClNS. The summed E-state index contributed by atoms with van der Waals surface area (Å²) in [6, 6.07) is 13.0. The van der Waals surface area contributed by atoms with Gasteiger partial charge in [-0.2, -0.15) is 0 Å². The lowest BCUT2D eigenvalue weighted by Gasteiger charge is -2.19. The zero-order valence-electron chi connectivity index (χ0n) is 11.7. The number of rotatable bonds is 6. The number of hydrogen-bond donors (Lipinski definition) is 1. The van der Waals surface area contributed by atoms with Gasteiger partial charge in [-0.1, -0.05) is 37.6 Å². The SMILES string of the molecule is CC(C)NCC(Cc1ccc(Br)s1)c1ccc(Cl)cc1. The van der Waals surface area contributed by atoms with Crippen LogP contribution in [0.5, 0.6) is 0 Å². The Morgan fingerprint density at radius 2 is 1.85 bits per heavy atom. The summed E-state index contributed by atoms with van der Waals surface area (Å²) in [6.45, 7) is 5.34. The van der Waals surface area contributed by atoms with Crippen LogP contribution in [0.25, 0.3) is 0 Å². The first-order valence-corrected chi connectivity index (χ1v) is 8.76. The molecule has 108 valence electrons. The molecule has 1 unspecified atom stereocenters. The van der Waals surface area contributed by atoms with E-state index < -0.39 is 0 Å². The van der Waals surface area contributed by atoms with E-state index in [0.29, 0.717) is 12.0 Å². The lowest BCUT2D eigenvalue weighted by Crippen LogP contribution is -2.28. The molecule has 20 heavy (non-hydrogen) atoms. The molecule has 0 aliphatic carbocycles. The molecule has 1 aromatic heterocycles. The molecule has 0 fully saturated rings. The topological polar surface area (TPSA) is 12.0 Å². The van der Waals surface area contributed by atoms with E-state index in [1.807, 2.05) is 23.5 Å². The smallest absolute Gasteiger partial charge is 0.0701 e. The average molecular weight is 373 g/mol. The van der Waals surface area contributed by atoms with Crippen LogP contribution in [0.15, 0.2) is 40.2 Å². The van der Waals surface area contributed by atoms with Crippen molar-refractivity contribution in [3.05, 3.63) is 55.6 Å². The maximum absolute atomic E-state index is 5.99. The summed E-state index contributed by atoms with van der Waals surface area (Å²) >= 11 is 11.3. The summed E-state index contributed by atoms with van der Waals surface area (Å²) in [4.78, 5) is 1.40. The minimum atomic E-state index is 0.472. The highest BCUT2D eigenvalue weighted by molar-refractivity contribution is 9.11. The monoisotopic (exact) mass is 371 g/mol. The Bertz CT molecular complexity index is 536. The summed E-state index contributed by atoms with van der Waals surface area (Å²) in [6.07, 6.45) is 1.05. The van der Waals surface area contributed by atoms with E-state index in [1.165, 1.54) is 14.2 Å². The Morgan fingerprint density at radius 1 is 1.15 bits per heavy atom. The number of thiophene rings is 1. The number of hydrogen-bond acceptors (Lipinski definition) is 2. The van der Waals surface area contributed by atoms with Crippen LogP contribution in [0.3, 0.4) is 0 Å². The molecule has 0 saturated carbocycles. The molecule has 0 saturated heterocycles. The van der Waals surface area contributed by atoms with Crippen molar-refractivity contribution in [2.45, 2.75) is 32.2 Å². The summed E-state index contributed by atoms with van der Waals surface area (Å²) in [5, 5.41) is 4.34. The van der Waals surface area contributed by atoms with Crippen molar-refractivity contribution in [1.82, 2.24) is 5.32 Å². The van der Waals surface area contributed by atoms with Gasteiger partial charge < -0.3 is 5.32 Å². The Labute approximate surface area is 138 Å². The number of nitrogens with one attached hydrogen (secondary N) is 1. The predicted molar refractivity (Wildman–Crippen MR) is 93.1 cm³/mol. The molecule has 0 aliphatic heterocycles. The van der Waals surface area contributed by atoms with Gasteiger partial charge in [0.15, 0.2) is 0 Å². The van der Waals surface area contributed by atoms with E-state index in [0.717, 1.165) is 18.0 Å². The van der Waals surface area contributed by atoms with Gasteiger partial charge in [0.05, 0.1) is 3.79 Å². The van der Waals surface area contributed by atoms with Crippen molar-refractivity contribution in [1.29, 1.82) is 0 Å². The normalized spacial score (nSPS) is 12.8. The van der Waals surface area contributed by atoms with Crippen LogP contribution in [0.4, 0.5) is 0 Å². The Morgan fingerprint density at radius 3 is 2.40 bits per heavy atom. The van der Waals surface area contributed by atoms with Crippen molar-refractivity contribution >= 4 is 38.9 Å². The molecule has 1 aromatic carbocycles. The van der Waals surface area contributed by atoms with E-state index in [-0.39, 0.29) is 0 Å². The highest BCUT2D eigenvalue weighted by atomic mass is 79.9. The molecule has 1 atom stereocenters. The molecule has 0 spiro atoms. The summed E-state index contributed by atoms with van der Waals surface area (Å²) in [5.74, 6) is 0.472. The van der Waals surface area contributed by atoms with Crippen LogP contribution in [0.1, 0.15) is 30.2 Å². The second kappa shape index (κ2) is 7.60. The fraction of sp³-hybridized carbons (Fsp3) is 0.375. The van der Waals surface area contributed by atoms with Gasteiger partial charge in [0.25, 0.3) is 0 Å². The minimum absolute atomic E-state index is 0.472. The van der Waals surface area contributed by atoms with E-state index in [4.69, 9.17) is 11.6 Å². The van der Waals surface area contributed by atoms with E-state index in [9.17, 15) is 0 Å². The summed E-state index contributed by atoms with van der Waals surface area (Å²) < 4.78 is 1.19. The van der Waals surface area contributed by atoms with Crippen molar-refractivity contribution in [2.75, 3.05) is 6.54 Å². The van der Waals surface area contributed by atoms with E-state index in [1.54, 1.807) is 0 Å². The quantitative estimate of drug-likeness (QED) is 0.707. The van der Waals surface area contributed by atoms with Gasteiger partial charge in [-0.05, 0) is 52.2 Å². The Hall–Kier alpha value is -0.350. The van der Waals surface area contributed by atoms with Gasteiger partial charge in [-0.25, -0.2) is 0 Å². The molecule has 4 heteroatoms. The van der Waals surface area contributed by atoms with Crippen LogP contribution in [-0.4, -0.2) is 12.6 Å². The molecule has 0 amide bonds. The lowest BCUT2D eigenvalue weighted by atomic mass is 9.94. The molecule has 0 bridgehead atoms. The lowest BCUT2D eigenvalue weighted by molar-refractivity contribution is 0.528. The van der Waals surface area contributed by atoms with Crippen molar-refractivity contribution < 1.29 is 0 Å². The van der Waals surface area contributed by atoms with Gasteiger partial charge in [0.2, 0.25) is 0 Å². The first-order valence-electron chi connectivity index (χ1n) is 6.77. The van der Waals surface area contributed by atoms with Crippen molar-refractivity contribution in [3.8, 4) is 0 Å². The van der Waals surface area contributed by atoms with Crippen LogP contribution < -0.4 is 5.32 Å². The molecule has 0 radical (unpaired) electrons. The van der Waals surface area contributed by atoms with Crippen LogP contribution >= 0.6 is 38.9 Å². The molecular weight excluding hydrogens is 354 g/mol. The van der Waals surface area contributed by atoms with E-state index in [2.05, 4.69) is 59.4 Å².